The zero-order valence-corrected chi connectivity index (χ0v) is 30.1. The Morgan fingerprint density at radius 3 is 1.67 bits per heavy atom. The quantitative estimate of drug-likeness (QED) is 0.178. The van der Waals surface area contributed by atoms with E-state index in [9.17, 15) is 0 Å². The van der Waals surface area contributed by atoms with Crippen molar-refractivity contribution >= 4 is 85.8 Å². The van der Waals surface area contributed by atoms with E-state index in [0.717, 1.165) is 11.2 Å². The van der Waals surface area contributed by atoms with Gasteiger partial charge in [0.05, 0.1) is 0 Å². The Morgan fingerprint density at radius 1 is 0.315 bits per heavy atom. The minimum absolute atomic E-state index is 0.936. The van der Waals surface area contributed by atoms with Gasteiger partial charge in [0, 0.05) is 36.3 Å². The van der Waals surface area contributed by atoms with E-state index in [4.69, 9.17) is 4.42 Å². The second-order valence-electron chi connectivity index (χ2n) is 14.0. The number of benzene rings is 8. The van der Waals surface area contributed by atoms with Crippen molar-refractivity contribution in [1.82, 2.24) is 0 Å². The van der Waals surface area contributed by atoms with Crippen LogP contribution in [0.2, 0.25) is 0 Å². The molecule has 0 aliphatic carbocycles. The molecule has 54 heavy (non-hydrogen) atoms. The Labute approximate surface area is 316 Å². The molecule has 0 aliphatic heterocycles. The first kappa shape index (κ1) is 30.8. The molecule has 0 amide bonds. The van der Waals surface area contributed by atoms with Gasteiger partial charge >= 0.3 is 0 Å². The molecule has 0 bridgehead atoms. The lowest BCUT2D eigenvalue weighted by molar-refractivity contribution is 0.669. The van der Waals surface area contributed by atoms with Crippen LogP contribution in [0.1, 0.15) is 0 Å². The Balaban J connectivity index is 1.02. The van der Waals surface area contributed by atoms with Crippen molar-refractivity contribution < 1.29 is 4.42 Å². The third kappa shape index (κ3) is 4.99. The van der Waals surface area contributed by atoms with Crippen LogP contribution in [0, 0.1) is 0 Å². The summed E-state index contributed by atoms with van der Waals surface area (Å²) in [6.45, 7) is 0. The molecule has 9 aromatic carbocycles. The maximum atomic E-state index is 6.21. The van der Waals surface area contributed by atoms with Gasteiger partial charge in [-0.25, -0.2) is 0 Å². The minimum atomic E-state index is 0.936. The zero-order chi connectivity index (χ0) is 35.6. The van der Waals surface area contributed by atoms with Crippen LogP contribution in [-0.2, 0) is 0 Å². The van der Waals surface area contributed by atoms with Crippen molar-refractivity contribution in [3.05, 3.63) is 194 Å². The SMILES string of the molecule is c1ccc(-c2ccccccc(-c3ccc4cc(-c5ccc6sc7c(ccc8c7ccc7oc9ccccc9c78)c6c5)ccc4c3)c3ccccc23)cc1. The summed E-state index contributed by atoms with van der Waals surface area (Å²) in [7, 11) is 0. The van der Waals surface area contributed by atoms with E-state index in [1.165, 1.54) is 96.6 Å². The summed E-state index contributed by atoms with van der Waals surface area (Å²) < 4.78 is 8.84. The van der Waals surface area contributed by atoms with Gasteiger partial charge in [-0.2, -0.15) is 0 Å². The lowest BCUT2D eigenvalue weighted by atomic mass is 9.93. The second-order valence-corrected chi connectivity index (χ2v) is 15.1. The van der Waals surface area contributed by atoms with Crippen molar-refractivity contribution in [1.29, 1.82) is 0 Å². The van der Waals surface area contributed by atoms with Gasteiger partial charge in [0.25, 0.3) is 0 Å². The highest BCUT2D eigenvalue weighted by Gasteiger charge is 2.15. The molecule has 2 aromatic heterocycles. The Hall–Kier alpha value is -6.74. The Morgan fingerprint density at radius 2 is 0.870 bits per heavy atom. The molecular weight excluding hydrogens is 673 g/mol. The summed E-state index contributed by atoms with van der Waals surface area (Å²) in [6.07, 6.45) is 0. The molecular formula is C52H32OS. The molecule has 0 spiro atoms. The van der Waals surface area contributed by atoms with Gasteiger partial charge in [-0.3, -0.25) is 0 Å². The summed E-state index contributed by atoms with van der Waals surface area (Å²) >= 11 is 1.88. The topological polar surface area (TPSA) is 13.1 Å². The fourth-order valence-electron chi connectivity index (χ4n) is 8.32. The Kier molecular flexibility index (Phi) is 7.11. The van der Waals surface area contributed by atoms with Gasteiger partial charge in [0.2, 0.25) is 0 Å². The van der Waals surface area contributed by atoms with Crippen molar-refractivity contribution in [2.75, 3.05) is 0 Å². The number of furan rings is 1. The lowest BCUT2D eigenvalue weighted by Gasteiger charge is -2.11. The fraction of sp³-hybridized carbons (Fsp3) is 0. The van der Waals surface area contributed by atoms with E-state index >= 15 is 0 Å². The first-order valence-electron chi connectivity index (χ1n) is 18.4. The molecule has 11 aromatic rings. The predicted molar refractivity (Wildman–Crippen MR) is 233 cm³/mol. The molecule has 0 unspecified atom stereocenters. The molecule has 252 valence electrons. The number of fused-ring (bicyclic) bond motifs is 11. The molecule has 2 heterocycles. The summed E-state index contributed by atoms with van der Waals surface area (Å²) in [6, 6.07) is 70.4. The third-order valence-corrected chi connectivity index (χ3v) is 12.1. The van der Waals surface area contributed by atoms with Gasteiger partial charge in [-0.15, -0.1) is 11.3 Å². The molecule has 11 rings (SSSR count). The summed E-state index contributed by atoms with van der Waals surface area (Å²) in [4.78, 5) is 0. The monoisotopic (exact) mass is 704 g/mol. The van der Waals surface area contributed by atoms with Gasteiger partial charge in [-0.05, 0) is 103 Å². The lowest BCUT2D eigenvalue weighted by Crippen LogP contribution is -1.84. The highest BCUT2D eigenvalue weighted by Crippen LogP contribution is 2.44. The van der Waals surface area contributed by atoms with E-state index in [1.54, 1.807) is 0 Å². The molecule has 0 N–H and O–H groups in total. The highest BCUT2D eigenvalue weighted by molar-refractivity contribution is 7.26. The van der Waals surface area contributed by atoms with E-state index in [1.807, 2.05) is 17.4 Å². The smallest absolute Gasteiger partial charge is 0.136 e. The minimum Gasteiger partial charge on any atom is -0.456 e. The molecule has 0 saturated carbocycles. The van der Waals surface area contributed by atoms with Crippen LogP contribution in [0.5, 0.6) is 0 Å². The van der Waals surface area contributed by atoms with Crippen LogP contribution < -0.4 is 0 Å². The maximum Gasteiger partial charge on any atom is 0.136 e. The van der Waals surface area contributed by atoms with Crippen molar-refractivity contribution in [2.24, 2.45) is 0 Å². The predicted octanol–water partition coefficient (Wildman–Crippen LogP) is 15.5. The van der Waals surface area contributed by atoms with Crippen molar-refractivity contribution in [3.8, 4) is 33.4 Å². The zero-order valence-electron chi connectivity index (χ0n) is 29.3. The highest BCUT2D eigenvalue weighted by atomic mass is 32.1. The second kappa shape index (κ2) is 12.4. The molecule has 2 heteroatoms. The van der Waals surface area contributed by atoms with Crippen LogP contribution in [0.25, 0.3) is 108 Å². The number of hydrogen-bond donors (Lipinski definition) is 0. The molecule has 0 atom stereocenters. The van der Waals surface area contributed by atoms with Gasteiger partial charge in [0.15, 0.2) is 0 Å². The number of hydrogen-bond acceptors (Lipinski definition) is 2. The summed E-state index contributed by atoms with van der Waals surface area (Å²) in [5, 5.41) is 12.4. The first-order valence-corrected chi connectivity index (χ1v) is 19.2. The number of thiophene rings is 1. The Bertz CT molecular complexity index is 3330. The van der Waals surface area contributed by atoms with Crippen LogP contribution in [0.3, 0.4) is 0 Å². The third-order valence-electron chi connectivity index (χ3n) is 10.9. The summed E-state index contributed by atoms with van der Waals surface area (Å²) in [5.41, 5.74) is 9.14. The van der Waals surface area contributed by atoms with Crippen LogP contribution >= 0.6 is 11.3 Å². The van der Waals surface area contributed by atoms with Crippen LogP contribution in [-0.4, -0.2) is 0 Å². The number of rotatable bonds is 3. The van der Waals surface area contributed by atoms with Crippen molar-refractivity contribution in [2.45, 2.75) is 0 Å². The molecule has 0 fully saturated rings. The van der Waals surface area contributed by atoms with E-state index in [-0.39, 0.29) is 0 Å². The van der Waals surface area contributed by atoms with Gasteiger partial charge < -0.3 is 4.42 Å². The average Bonchev–Trinajstić information content (AvgIpc) is 3.81. The van der Waals surface area contributed by atoms with Gasteiger partial charge in [-0.1, -0.05) is 152 Å². The van der Waals surface area contributed by atoms with Crippen LogP contribution in [0.4, 0.5) is 0 Å². The fourth-order valence-corrected chi connectivity index (χ4v) is 9.53. The molecule has 0 aliphatic rings. The number of para-hydroxylation sites is 1. The van der Waals surface area contributed by atoms with E-state index < -0.39 is 0 Å². The maximum absolute atomic E-state index is 6.21. The van der Waals surface area contributed by atoms with E-state index in [2.05, 4.69) is 188 Å². The van der Waals surface area contributed by atoms with E-state index in [0.29, 0.717) is 0 Å². The first-order chi connectivity index (χ1) is 26.8. The molecule has 1 nitrogen and oxygen atoms in total. The van der Waals surface area contributed by atoms with Crippen molar-refractivity contribution in [3.63, 3.8) is 0 Å². The van der Waals surface area contributed by atoms with Gasteiger partial charge in [0.1, 0.15) is 11.2 Å². The average molecular weight is 705 g/mol. The molecule has 0 radical (unpaired) electrons. The van der Waals surface area contributed by atoms with Crippen LogP contribution in [0.15, 0.2) is 199 Å². The largest absolute Gasteiger partial charge is 0.456 e. The standard InChI is InChI=1S/C52H32OS/c1-2-7-15-40(42-17-9-8-16-41(42)39(14-6-1)33-12-4-3-5-13-33)38-23-22-34-30-35(20-21-36(34)31-38)37-24-29-50-47(32-37)45-26-25-43-44(52(45)54-50)27-28-49-51(43)46-18-10-11-19-48(46)53-49/h1-32H. The molecule has 0 saturated heterocycles. The normalized spacial score (nSPS) is 11.7. The summed E-state index contributed by atoms with van der Waals surface area (Å²) in [5.74, 6) is 0.